The van der Waals surface area contributed by atoms with Crippen LogP contribution in [0.3, 0.4) is 0 Å². The van der Waals surface area contributed by atoms with Gasteiger partial charge < -0.3 is 14.8 Å². The minimum Gasteiger partial charge on any atom is -0.493 e. The predicted octanol–water partition coefficient (Wildman–Crippen LogP) is 2.60. The third kappa shape index (κ3) is 3.27. The van der Waals surface area contributed by atoms with Crippen LogP contribution in [0.5, 0.6) is 11.5 Å². The minimum atomic E-state index is 0.224. The third-order valence-electron chi connectivity index (χ3n) is 3.32. The molecule has 0 amide bonds. The number of pyridine rings is 1. The number of methoxy groups -OCH3 is 2. The highest BCUT2D eigenvalue weighted by Crippen LogP contribution is 2.29. The number of likely N-dealkylation sites (N-methyl/N-ethyl adjacent to an activating group) is 1. The van der Waals surface area contributed by atoms with E-state index in [-0.39, 0.29) is 6.04 Å². The Bertz CT molecular complexity index is 543. The maximum atomic E-state index is 5.34. The number of rotatable bonds is 6. The van der Waals surface area contributed by atoms with Crippen molar-refractivity contribution in [1.29, 1.82) is 0 Å². The van der Waals surface area contributed by atoms with Crippen molar-refractivity contribution in [3.05, 3.63) is 53.9 Å². The third-order valence-corrected chi connectivity index (χ3v) is 3.32. The minimum absolute atomic E-state index is 0.224. The van der Waals surface area contributed by atoms with Gasteiger partial charge in [-0.2, -0.15) is 0 Å². The number of benzene rings is 1. The molecule has 0 aliphatic heterocycles. The summed E-state index contributed by atoms with van der Waals surface area (Å²) in [4.78, 5) is 4.17. The second-order valence-corrected chi connectivity index (χ2v) is 4.52. The molecule has 2 rings (SSSR count). The fraction of sp³-hybridized carbons (Fsp3) is 0.312. The van der Waals surface area contributed by atoms with E-state index in [4.69, 9.17) is 9.47 Å². The van der Waals surface area contributed by atoms with Gasteiger partial charge in [-0.3, -0.25) is 4.98 Å². The fourth-order valence-corrected chi connectivity index (χ4v) is 2.21. The van der Waals surface area contributed by atoms with Crippen LogP contribution in [0.2, 0.25) is 0 Å². The van der Waals surface area contributed by atoms with Crippen LogP contribution in [0, 0.1) is 0 Å². The van der Waals surface area contributed by atoms with Gasteiger partial charge in [0.15, 0.2) is 11.5 Å². The van der Waals surface area contributed by atoms with Gasteiger partial charge in [0, 0.05) is 18.4 Å². The predicted molar refractivity (Wildman–Crippen MR) is 79.3 cm³/mol. The first-order chi connectivity index (χ1) is 9.78. The Morgan fingerprint density at radius 1 is 1.15 bits per heavy atom. The fourth-order valence-electron chi connectivity index (χ4n) is 2.21. The zero-order chi connectivity index (χ0) is 14.4. The smallest absolute Gasteiger partial charge is 0.160 e. The van der Waals surface area contributed by atoms with E-state index in [1.54, 1.807) is 20.4 Å². The van der Waals surface area contributed by atoms with Crippen molar-refractivity contribution < 1.29 is 9.47 Å². The molecule has 1 unspecified atom stereocenters. The summed E-state index contributed by atoms with van der Waals surface area (Å²) in [5.74, 6) is 1.50. The molecule has 2 aromatic rings. The summed E-state index contributed by atoms with van der Waals surface area (Å²) in [5.41, 5.74) is 2.36. The standard InChI is InChI=1S/C16H20N2O2/c1-17-14(13-5-4-8-18-11-13)9-12-6-7-15(19-2)16(10-12)20-3/h4-8,10-11,14,17H,9H2,1-3H3. The molecule has 0 saturated heterocycles. The van der Waals surface area contributed by atoms with E-state index >= 15 is 0 Å². The van der Waals surface area contributed by atoms with Crippen LogP contribution in [0.1, 0.15) is 17.2 Å². The Hall–Kier alpha value is -2.07. The van der Waals surface area contributed by atoms with Crippen molar-refractivity contribution in [3.8, 4) is 11.5 Å². The molecule has 20 heavy (non-hydrogen) atoms. The molecule has 0 saturated carbocycles. The quantitative estimate of drug-likeness (QED) is 0.878. The van der Waals surface area contributed by atoms with Crippen molar-refractivity contribution in [2.24, 2.45) is 0 Å². The summed E-state index contributed by atoms with van der Waals surface area (Å²) in [6.45, 7) is 0. The van der Waals surface area contributed by atoms with E-state index < -0.39 is 0 Å². The van der Waals surface area contributed by atoms with Gasteiger partial charge in [-0.1, -0.05) is 12.1 Å². The van der Waals surface area contributed by atoms with Gasteiger partial charge in [-0.15, -0.1) is 0 Å². The van der Waals surface area contributed by atoms with Crippen molar-refractivity contribution in [1.82, 2.24) is 10.3 Å². The van der Waals surface area contributed by atoms with E-state index in [1.165, 1.54) is 11.1 Å². The van der Waals surface area contributed by atoms with Gasteiger partial charge in [0.2, 0.25) is 0 Å². The summed E-state index contributed by atoms with van der Waals surface area (Å²) in [5, 5.41) is 3.32. The number of hydrogen-bond acceptors (Lipinski definition) is 4. The van der Waals surface area contributed by atoms with E-state index in [0.29, 0.717) is 0 Å². The first-order valence-corrected chi connectivity index (χ1v) is 6.56. The number of ether oxygens (including phenoxy) is 2. The molecule has 1 aromatic heterocycles. The Morgan fingerprint density at radius 3 is 2.55 bits per heavy atom. The Labute approximate surface area is 119 Å². The summed E-state index contributed by atoms with van der Waals surface area (Å²) in [6.07, 6.45) is 4.54. The molecule has 0 radical (unpaired) electrons. The largest absolute Gasteiger partial charge is 0.493 e. The molecule has 0 aliphatic rings. The first-order valence-electron chi connectivity index (χ1n) is 6.56. The normalized spacial score (nSPS) is 11.9. The van der Waals surface area contributed by atoms with Crippen LogP contribution in [0.25, 0.3) is 0 Å². The Morgan fingerprint density at radius 2 is 1.95 bits per heavy atom. The Kier molecular flexibility index (Phi) is 4.96. The lowest BCUT2D eigenvalue weighted by Gasteiger charge is -2.17. The molecule has 0 bridgehead atoms. The van der Waals surface area contributed by atoms with E-state index in [0.717, 1.165) is 17.9 Å². The van der Waals surface area contributed by atoms with E-state index in [1.807, 2.05) is 31.4 Å². The van der Waals surface area contributed by atoms with Gasteiger partial charge in [-0.25, -0.2) is 0 Å². The highest BCUT2D eigenvalue weighted by molar-refractivity contribution is 5.43. The lowest BCUT2D eigenvalue weighted by atomic mass is 10.00. The van der Waals surface area contributed by atoms with Crippen LogP contribution in [0.15, 0.2) is 42.7 Å². The van der Waals surface area contributed by atoms with Crippen molar-refractivity contribution >= 4 is 0 Å². The molecule has 4 heteroatoms. The highest BCUT2D eigenvalue weighted by Gasteiger charge is 2.12. The molecule has 1 N–H and O–H groups in total. The molecule has 0 spiro atoms. The maximum absolute atomic E-state index is 5.34. The number of aromatic nitrogens is 1. The number of nitrogens with zero attached hydrogens (tertiary/aromatic N) is 1. The van der Waals surface area contributed by atoms with Crippen molar-refractivity contribution in [3.63, 3.8) is 0 Å². The first kappa shape index (κ1) is 14.3. The van der Waals surface area contributed by atoms with Crippen LogP contribution in [-0.2, 0) is 6.42 Å². The molecule has 0 aliphatic carbocycles. The topological polar surface area (TPSA) is 43.4 Å². The average molecular weight is 272 g/mol. The van der Waals surface area contributed by atoms with Gasteiger partial charge in [0.1, 0.15) is 0 Å². The zero-order valence-electron chi connectivity index (χ0n) is 12.1. The summed E-state index contributed by atoms with van der Waals surface area (Å²) < 4.78 is 10.6. The summed E-state index contributed by atoms with van der Waals surface area (Å²) in [7, 11) is 5.25. The van der Waals surface area contributed by atoms with E-state index in [9.17, 15) is 0 Å². The molecule has 4 nitrogen and oxygen atoms in total. The van der Waals surface area contributed by atoms with Crippen LogP contribution < -0.4 is 14.8 Å². The van der Waals surface area contributed by atoms with Gasteiger partial charge in [0.25, 0.3) is 0 Å². The maximum Gasteiger partial charge on any atom is 0.160 e. The monoisotopic (exact) mass is 272 g/mol. The SMILES string of the molecule is CNC(Cc1ccc(OC)c(OC)c1)c1cccnc1. The molecule has 1 aromatic carbocycles. The second-order valence-electron chi connectivity index (χ2n) is 4.52. The van der Waals surface area contributed by atoms with Crippen molar-refractivity contribution in [2.45, 2.75) is 12.5 Å². The molecular weight excluding hydrogens is 252 g/mol. The lowest BCUT2D eigenvalue weighted by Crippen LogP contribution is -2.19. The number of nitrogens with one attached hydrogen (secondary N) is 1. The van der Waals surface area contributed by atoms with Gasteiger partial charge in [0.05, 0.1) is 14.2 Å². The average Bonchev–Trinajstić information content (AvgIpc) is 2.53. The summed E-state index contributed by atoms with van der Waals surface area (Å²) in [6, 6.07) is 10.3. The number of hydrogen-bond donors (Lipinski definition) is 1. The van der Waals surface area contributed by atoms with Crippen LogP contribution >= 0.6 is 0 Å². The highest BCUT2D eigenvalue weighted by atomic mass is 16.5. The summed E-state index contributed by atoms with van der Waals surface area (Å²) >= 11 is 0. The molecule has 106 valence electrons. The molecule has 0 fully saturated rings. The second kappa shape index (κ2) is 6.91. The van der Waals surface area contributed by atoms with E-state index in [2.05, 4.69) is 22.4 Å². The van der Waals surface area contributed by atoms with Crippen LogP contribution in [-0.4, -0.2) is 26.3 Å². The zero-order valence-corrected chi connectivity index (χ0v) is 12.1. The molecule has 1 atom stereocenters. The molecule has 1 heterocycles. The van der Waals surface area contributed by atoms with Gasteiger partial charge >= 0.3 is 0 Å². The van der Waals surface area contributed by atoms with Crippen LogP contribution in [0.4, 0.5) is 0 Å². The Balaban J connectivity index is 2.20. The van der Waals surface area contributed by atoms with Crippen molar-refractivity contribution in [2.75, 3.05) is 21.3 Å². The van der Waals surface area contributed by atoms with Gasteiger partial charge in [-0.05, 0) is 42.8 Å². The molecular formula is C16H20N2O2. The lowest BCUT2D eigenvalue weighted by molar-refractivity contribution is 0.354.